The molecule has 1 aromatic heterocycles. The van der Waals surface area contributed by atoms with Gasteiger partial charge in [0.25, 0.3) is 0 Å². The number of carboxylic acid groups (broad SMARTS) is 1. The molecule has 1 unspecified atom stereocenters. The Bertz CT molecular complexity index is 344. The fourth-order valence-electron chi connectivity index (χ4n) is 1.58. The lowest BCUT2D eigenvalue weighted by Crippen LogP contribution is -2.12. The topological polar surface area (TPSA) is 72.3 Å². The Balaban J connectivity index is 2.00. The molecule has 0 spiro atoms. The predicted molar refractivity (Wildman–Crippen MR) is 51.7 cm³/mol. The second kappa shape index (κ2) is 4.35. The molecule has 5 nitrogen and oxygen atoms in total. The van der Waals surface area contributed by atoms with Gasteiger partial charge in [0.15, 0.2) is 0 Å². The number of rotatable bonds is 3. The minimum atomic E-state index is -1.00. The van der Waals surface area contributed by atoms with Gasteiger partial charge in [-0.05, 0) is 12.8 Å². The minimum Gasteiger partial charge on any atom is -0.478 e. The summed E-state index contributed by atoms with van der Waals surface area (Å²) in [7, 11) is 0. The van der Waals surface area contributed by atoms with E-state index in [9.17, 15) is 4.79 Å². The monoisotopic (exact) mass is 208 g/mol. The van der Waals surface area contributed by atoms with Crippen LogP contribution in [0, 0.1) is 0 Å². The molecule has 80 valence electrons. The third-order valence-electron chi connectivity index (χ3n) is 2.39. The van der Waals surface area contributed by atoms with Crippen LogP contribution in [0.3, 0.4) is 0 Å². The van der Waals surface area contributed by atoms with Gasteiger partial charge in [0.1, 0.15) is 5.82 Å². The smallest absolute Gasteiger partial charge is 0.338 e. The molecule has 0 bridgehead atoms. The number of aromatic carboxylic acids is 1. The summed E-state index contributed by atoms with van der Waals surface area (Å²) in [5.74, 6) is -0.356. The Morgan fingerprint density at radius 3 is 2.80 bits per heavy atom. The maximum Gasteiger partial charge on any atom is 0.338 e. The van der Waals surface area contributed by atoms with E-state index in [0.29, 0.717) is 12.2 Å². The van der Waals surface area contributed by atoms with Gasteiger partial charge in [-0.25, -0.2) is 14.8 Å². The van der Waals surface area contributed by atoms with Gasteiger partial charge in [0.05, 0.1) is 11.7 Å². The lowest BCUT2D eigenvalue weighted by atomic mass is 10.2. The lowest BCUT2D eigenvalue weighted by molar-refractivity contribution is 0.0696. The summed E-state index contributed by atoms with van der Waals surface area (Å²) < 4.78 is 5.44. The van der Waals surface area contributed by atoms with Gasteiger partial charge in [0.2, 0.25) is 0 Å². The quantitative estimate of drug-likeness (QED) is 0.798. The number of carbonyl (C=O) groups is 1. The van der Waals surface area contributed by atoms with Crippen molar-refractivity contribution >= 4 is 5.97 Å². The highest BCUT2D eigenvalue weighted by atomic mass is 16.5. The molecule has 0 aromatic carbocycles. The van der Waals surface area contributed by atoms with Crippen molar-refractivity contribution in [2.75, 3.05) is 6.61 Å². The highest BCUT2D eigenvalue weighted by Crippen LogP contribution is 2.15. The standard InChI is InChI=1S/C10H12N2O3/c13-10(14)7-5-11-9(12-6-7)4-8-2-1-3-15-8/h5-6,8H,1-4H2,(H,13,14). The molecule has 0 radical (unpaired) electrons. The number of carboxylic acids is 1. The van der Waals surface area contributed by atoms with Crippen LogP contribution in [0.5, 0.6) is 0 Å². The Morgan fingerprint density at radius 2 is 2.27 bits per heavy atom. The normalized spacial score (nSPS) is 20.4. The predicted octanol–water partition coefficient (Wildman–Crippen LogP) is 0.896. The highest BCUT2D eigenvalue weighted by Gasteiger charge is 2.17. The van der Waals surface area contributed by atoms with Gasteiger partial charge in [-0.3, -0.25) is 0 Å². The van der Waals surface area contributed by atoms with E-state index < -0.39 is 5.97 Å². The van der Waals surface area contributed by atoms with E-state index in [1.54, 1.807) is 0 Å². The molecule has 0 amide bonds. The molecule has 1 aliphatic rings. The van der Waals surface area contributed by atoms with Crippen LogP contribution in [-0.2, 0) is 11.2 Å². The van der Waals surface area contributed by atoms with E-state index in [1.165, 1.54) is 12.4 Å². The number of nitrogens with zero attached hydrogens (tertiary/aromatic N) is 2. The molecule has 2 heterocycles. The summed E-state index contributed by atoms with van der Waals surface area (Å²) in [6.45, 7) is 0.803. The molecule has 1 saturated heterocycles. The fourth-order valence-corrected chi connectivity index (χ4v) is 1.58. The molecule has 0 aliphatic carbocycles. The summed E-state index contributed by atoms with van der Waals surface area (Å²) >= 11 is 0. The Kier molecular flexibility index (Phi) is 2.91. The second-order valence-corrected chi connectivity index (χ2v) is 3.53. The second-order valence-electron chi connectivity index (χ2n) is 3.53. The summed E-state index contributed by atoms with van der Waals surface area (Å²) in [5.41, 5.74) is 0.117. The van der Waals surface area contributed by atoms with Crippen LogP contribution in [0.4, 0.5) is 0 Å². The SMILES string of the molecule is O=C(O)c1cnc(CC2CCCO2)nc1. The molecule has 5 heteroatoms. The van der Waals surface area contributed by atoms with Gasteiger partial charge in [-0.2, -0.15) is 0 Å². The first kappa shape index (κ1) is 10.0. The van der Waals surface area contributed by atoms with Crippen LogP contribution in [0.15, 0.2) is 12.4 Å². The van der Waals surface area contributed by atoms with Crippen molar-refractivity contribution < 1.29 is 14.6 Å². The maximum absolute atomic E-state index is 10.6. The van der Waals surface area contributed by atoms with Crippen molar-refractivity contribution in [1.82, 2.24) is 9.97 Å². The van der Waals surface area contributed by atoms with Crippen molar-refractivity contribution in [3.05, 3.63) is 23.8 Å². The van der Waals surface area contributed by atoms with Crippen LogP contribution < -0.4 is 0 Å². The van der Waals surface area contributed by atoms with Gasteiger partial charge in [-0.1, -0.05) is 0 Å². The summed E-state index contributed by atoms with van der Waals surface area (Å²) in [4.78, 5) is 18.5. The van der Waals surface area contributed by atoms with Crippen molar-refractivity contribution in [3.63, 3.8) is 0 Å². The van der Waals surface area contributed by atoms with Crippen LogP contribution in [0.25, 0.3) is 0 Å². The summed E-state index contributed by atoms with van der Waals surface area (Å²) in [6.07, 6.45) is 5.64. The lowest BCUT2D eigenvalue weighted by Gasteiger charge is -2.07. The number of aromatic nitrogens is 2. The Morgan fingerprint density at radius 1 is 1.53 bits per heavy atom. The molecule has 0 saturated carbocycles. The molecule has 1 aromatic rings. The van der Waals surface area contributed by atoms with Crippen molar-refractivity contribution in [2.24, 2.45) is 0 Å². The first-order chi connectivity index (χ1) is 7.25. The van der Waals surface area contributed by atoms with Crippen LogP contribution >= 0.6 is 0 Å². The van der Waals surface area contributed by atoms with Gasteiger partial charge in [0, 0.05) is 25.4 Å². The van der Waals surface area contributed by atoms with Crippen molar-refractivity contribution in [3.8, 4) is 0 Å². The maximum atomic E-state index is 10.6. The molecule has 1 aliphatic heterocycles. The van der Waals surface area contributed by atoms with Gasteiger partial charge in [-0.15, -0.1) is 0 Å². The number of hydrogen-bond donors (Lipinski definition) is 1. The number of hydrogen-bond acceptors (Lipinski definition) is 4. The molecule has 15 heavy (non-hydrogen) atoms. The highest BCUT2D eigenvalue weighted by molar-refractivity contribution is 5.86. The average Bonchev–Trinajstić information content (AvgIpc) is 2.71. The third kappa shape index (κ3) is 2.50. The molecule has 1 atom stereocenters. The van der Waals surface area contributed by atoms with Crippen molar-refractivity contribution in [1.29, 1.82) is 0 Å². The number of ether oxygens (including phenoxy) is 1. The minimum absolute atomic E-state index is 0.117. The van der Waals surface area contributed by atoms with E-state index in [0.717, 1.165) is 19.4 Å². The molecule has 1 fully saturated rings. The van der Waals surface area contributed by atoms with E-state index in [1.807, 2.05) is 0 Å². The summed E-state index contributed by atoms with van der Waals surface area (Å²) in [5, 5.41) is 8.66. The summed E-state index contributed by atoms with van der Waals surface area (Å²) in [6, 6.07) is 0. The van der Waals surface area contributed by atoms with E-state index in [2.05, 4.69) is 9.97 Å². The zero-order chi connectivity index (χ0) is 10.7. The first-order valence-corrected chi connectivity index (χ1v) is 4.91. The largest absolute Gasteiger partial charge is 0.478 e. The van der Waals surface area contributed by atoms with Crippen LogP contribution in [0.1, 0.15) is 29.0 Å². The average molecular weight is 208 g/mol. The molecular formula is C10H12N2O3. The Hall–Kier alpha value is -1.49. The molecule has 1 N–H and O–H groups in total. The third-order valence-corrected chi connectivity index (χ3v) is 2.39. The van der Waals surface area contributed by atoms with Gasteiger partial charge < -0.3 is 9.84 Å². The van der Waals surface area contributed by atoms with E-state index >= 15 is 0 Å². The van der Waals surface area contributed by atoms with E-state index in [-0.39, 0.29) is 11.7 Å². The molecule has 2 rings (SSSR count). The van der Waals surface area contributed by atoms with Crippen LogP contribution in [-0.4, -0.2) is 33.8 Å². The van der Waals surface area contributed by atoms with Crippen LogP contribution in [0.2, 0.25) is 0 Å². The zero-order valence-corrected chi connectivity index (χ0v) is 8.22. The van der Waals surface area contributed by atoms with Gasteiger partial charge >= 0.3 is 5.97 Å². The molecular weight excluding hydrogens is 196 g/mol. The first-order valence-electron chi connectivity index (χ1n) is 4.91. The fraction of sp³-hybridized carbons (Fsp3) is 0.500. The Labute approximate surface area is 87.1 Å². The zero-order valence-electron chi connectivity index (χ0n) is 8.22. The van der Waals surface area contributed by atoms with E-state index in [4.69, 9.17) is 9.84 Å². The van der Waals surface area contributed by atoms with Crippen molar-refractivity contribution in [2.45, 2.75) is 25.4 Å².